The van der Waals surface area contributed by atoms with E-state index in [4.69, 9.17) is 0 Å². The van der Waals surface area contributed by atoms with Crippen LogP contribution in [-0.4, -0.2) is 24.3 Å². The fraction of sp³-hybridized carbons (Fsp3) is 0.267. The molecule has 0 saturated heterocycles. The Balaban J connectivity index is 1.62. The van der Waals surface area contributed by atoms with Gasteiger partial charge in [-0.25, -0.2) is 9.97 Å². The van der Waals surface area contributed by atoms with E-state index in [9.17, 15) is 0 Å². The molecule has 0 saturated carbocycles. The Bertz CT molecular complexity index is 681. The van der Waals surface area contributed by atoms with Crippen LogP contribution in [0.1, 0.15) is 25.5 Å². The van der Waals surface area contributed by atoms with Crippen LogP contribution in [0.2, 0.25) is 0 Å². The standard InChI is InChI=1S/C15H18N6/c1-12(2)21-10-13(8-19-21)7-17-14-3-4-15(18-9-14)20-6-5-16-11-20/h3-6,8-12,17H,7H2,1-2H3. The number of hydrogen-bond acceptors (Lipinski definition) is 4. The second kappa shape index (κ2) is 5.78. The lowest BCUT2D eigenvalue weighted by atomic mass is 10.3. The lowest BCUT2D eigenvalue weighted by Gasteiger charge is -2.06. The minimum absolute atomic E-state index is 0.384. The maximum atomic E-state index is 4.41. The average molecular weight is 282 g/mol. The predicted octanol–water partition coefficient (Wildman–Crippen LogP) is 2.66. The second-order valence-electron chi connectivity index (χ2n) is 5.15. The number of nitrogens with one attached hydrogen (secondary N) is 1. The molecule has 0 amide bonds. The van der Waals surface area contributed by atoms with Crippen molar-refractivity contribution in [2.24, 2.45) is 0 Å². The third-order valence-electron chi connectivity index (χ3n) is 3.20. The summed E-state index contributed by atoms with van der Waals surface area (Å²) in [5, 5.41) is 7.67. The van der Waals surface area contributed by atoms with E-state index in [0.29, 0.717) is 6.04 Å². The number of nitrogens with zero attached hydrogens (tertiary/aromatic N) is 5. The fourth-order valence-electron chi connectivity index (χ4n) is 1.99. The molecular formula is C15H18N6. The molecule has 0 atom stereocenters. The molecule has 0 aliphatic rings. The molecule has 0 aromatic carbocycles. The van der Waals surface area contributed by atoms with Crippen LogP contribution in [0, 0.1) is 0 Å². The molecule has 3 aromatic heterocycles. The quantitative estimate of drug-likeness (QED) is 0.781. The summed E-state index contributed by atoms with van der Waals surface area (Å²) in [4.78, 5) is 8.42. The summed E-state index contributed by atoms with van der Waals surface area (Å²) in [6.45, 7) is 4.96. The SMILES string of the molecule is CC(C)n1cc(CNc2ccc(-n3ccnc3)nc2)cn1. The van der Waals surface area contributed by atoms with Gasteiger partial charge in [0.15, 0.2) is 0 Å². The third-order valence-corrected chi connectivity index (χ3v) is 3.20. The van der Waals surface area contributed by atoms with Crippen molar-refractivity contribution in [3.8, 4) is 5.82 Å². The first kappa shape index (κ1) is 13.4. The Morgan fingerprint density at radius 2 is 2.14 bits per heavy atom. The Hall–Kier alpha value is -2.63. The number of hydrogen-bond donors (Lipinski definition) is 1. The normalized spacial score (nSPS) is 11.0. The monoisotopic (exact) mass is 282 g/mol. The highest BCUT2D eigenvalue weighted by Gasteiger charge is 2.02. The maximum absolute atomic E-state index is 4.41. The van der Waals surface area contributed by atoms with Gasteiger partial charge in [0.1, 0.15) is 12.1 Å². The van der Waals surface area contributed by atoms with E-state index in [-0.39, 0.29) is 0 Å². The van der Waals surface area contributed by atoms with E-state index in [2.05, 4.69) is 40.4 Å². The molecule has 0 unspecified atom stereocenters. The molecule has 3 heterocycles. The zero-order chi connectivity index (χ0) is 14.7. The Kier molecular flexibility index (Phi) is 3.68. The summed E-state index contributed by atoms with van der Waals surface area (Å²) in [5.74, 6) is 0.852. The van der Waals surface area contributed by atoms with Crippen LogP contribution in [0.3, 0.4) is 0 Å². The van der Waals surface area contributed by atoms with Gasteiger partial charge >= 0.3 is 0 Å². The predicted molar refractivity (Wildman–Crippen MR) is 81.3 cm³/mol. The fourth-order valence-corrected chi connectivity index (χ4v) is 1.99. The van der Waals surface area contributed by atoms with Crippen molar-refractivity contribution in [1.82, 2.24) is 24.3 Å². The highest BCUT2D eigenvalue weighted by molar-refractivity contribution is 5.44. The van der Waals surface area contributed by atoms with Crippen LogP contribution in [-0.2, 0) is 6.54 Å². The Morgan fingerprint density at radius 3 is 2.76 bits per heavy atom. The van der Waals surface area contributed by atoms with Gasteiger partial charge in [0.05, 0.1) is 18.1 Å². The molecule has 6 heteroatoms. The van der Waals surface area contributed by atoms with Gasteiger partial charge < -0.3 is 5.32 Å². The highest BCUT2D eigenvalue weighted by atomic mass is 15.3. The summed E-state index contributed by atoms with van der Waals surface area (Å²) < 4.78 is 3.83. The van der Waals surface area contributed by atoms with Crippen LogP contribution in [0.25, 0.3) is 5.82 Å². The molecule has 0 fully saturated rings. The largest absolute Gasteiger partial charge is 0.380 e. The summed E-state index contributed by atoms with van der Waals surface area (Å²) in [6.07, 6.45) is 11.1. The Morgan fingerprint density at radius 1 is 1.24 bits per heavy atom. The second-order valence-corrected chi connectivity index (χ2v) is 5.15. The van der Waals surface area contributed by atoms with Crippen LogP contribution >= 0.6 is 0 Å². The first-order valence-electron chi connectivity index (χ1n) is 6.93. The number of imidazole rings is 1. The van der Waals surface area contributed by atoms with Gasteiger partial charge in [0, 0.05) is 36.7 Å². The van der Waals surface area contributed by atoms with E-state index in [1.54, 1.807) is 12.5 Å². The molecule has 108 valence electrons. The lowest BCUT2D eigenvalue weighted by molar-refractivity contribution is 0.532. The van der Waals surface area contributed by atoms with Crippen LogP contribution in [0.4, 0.5) is 5.69 Å². The van der Waals surface area contributed by atoms with E-state index >= 15 is 0 Å². The molecule has 0 bridgehead atoms. The molecule has 0 aliphatic heterocycles. The number of aromatic nitrogens is 5. The van der Waals surface area contributed by atoms with Gasteiger partial charge in [-0.1, -0.05) is 0 Å². The summed E-state index contributed by atoms with van der Waals surface area (Å²) in [6, 6.07) is 4.35. The summed E-state index contributed by atoms with van der Waals surface area (Å²) in [5.41, 5.74) is 2.14. The molecule has 1 N–H and O–H groups in total. The highest BCUT2D eigenvalue weighted by Crippen LogP contribution is 2.12. The van der Waals surface area contributed by atoms with Crippen molar-refractivity contribution in [3.63, 3.8) is 0 Å². The summed E-state index contributed by atoms with van der Waals surface area (Å²) in [7, 11) is 0. The topological polar surface area (TPSA) is 60.6 Å². The molecule has 0 radical (unpaired) electrons. The van der Waals surface area contributed by atoms with Crippen molar-refractivity contribution >= 4 is 5.69 Å². The van der Waals surface area contributed by atoms with E-state index in [1.165, 1.54) is 0 Å². The molecule has 0 aliphatic carbocycles. The molecule has 0 spiro atoms. The van der Waals surface area contributed by atoms with Gasteiger partial charge in [0.2, 0.25) is 0 Å². The molecule has 21 heavy (non-hydrogen) atoms. The number of anilines is 1. The molecule has 3 rings (SSSR count). The van der Waals surface area contributed by atoms with Crippen molar-refractivity contribution in [2.75, 3.05) is 5.32 Å². The van der Waals surface area contributed by atoms with Crippen LogP contribution < -0.4 is 5.32 Å². The van der Waals surface area contributed by atoms with Gasteiger partial charge in [0.25, 0.3) is 0 Å². The first-order valence-corrected chi connectivity index (χ1v) is 6.93. The van der Waals surface area contributed by atoms with Crippen molar-refractivity contribution < 1.29 is 0 Å². The zero-order valence-corrected chi connectivity index (χ0v) is 12.1. The molecule has 3 aromatic rings. The van der Waals surface area contributed by atoms with Crippen molar-refractivity contribution in [1.29, 1.82) is 0 Å². The van der Waals surface area contributed by atoms with Crippen LogP contribution in [0.5, 0.6) is 0 Å². The van der Waals surface area contributed by atoms with Crippen LogP contribution in [0.15, 0.2) is 49.4 Å². The van der Waals surface area contributed by atoms with Gasteiger partial charge in [-0.05, 0) is 26.0 Å². The van der Waals surface area contributed by atoms with Crippen molar-refractivity contribution in [3.05, 3.63) is 55.0 Å². The number of pyridine rings is 1. The lowest BCUT2D eigenvalue weighted by Crippen LogP contribution is -2.02. The molecule has 6 nitrogen and oxygen atoms in total. The third kappa shape index (κ3) is 3.10. The average Bonchev–Trinajstić information content (AvgIpc) is 3.17. The zero-order valence-electron chi connectivity index (χ0n) is 12.1. The van der Waals surface area contributed by atoms with E-state index in [1.807, 2.05) is 40.0 Å². The smallest absolute Gasteiger partial charge is 0.137 e. The minimum Gasteiger partial charge on any atom is -0.380 e. The number of rotatable bonds is 5. The molecular weight excluding hydrogens is 264 g/mol. The summed E-state index contributed by atoms with van der Waals surface area (Å²) >= 11 is 0. The van der Waals surface area contributed by atoms with Gasteiger partial charge in [-0.2, -0.15) is 5.10 Å². The van der Waals surface area contributed by atoms with Gasteiger partial charge in [-0.3, -0.25) is 9.25 Å². The van der Waals surface area contributed by atoms with Crippen molar-refractivity contribution in [2.45, 2.75) is 26.4 Å². The minimum atomic E-state index is 0.384. The van der Waals surface area contributed by atoms with E-state index < -0.39 is 0 Å². The maximum Gasteiger partial charge on any atom is 0.137 e. The Labute approximate surface area is 123 Å². The van der Waals surface area contributed by atoms with E-state index in [0.717, 1.165) is 23.6 Å². The first-order chi connectivity index (χ1) is 10.2. The van der Waals surface area contributed by atoms with Gasteiger partial charge in [-0.15, -0.1) is 0 Å².